The predicted octanol–water partition coefficient (Wildman–Crippen LogP) is 4.74. The van der Waals surface area contributed by atoms with Crippen molar-refractivity contribution in [1.82, 2.24) is 0 Å². The lowest BCUT2D eigenvalue weighted by molar-refractivity contribution is -0.376. The number of aliphatic hydroxyl groups is 1. The Hall–Kier alpha value is -1.59. The fourth-order valence-electron chi connectivity index (χ4n) is 2.32. The van der Waals surface area contributed by atoms with Crippen LogP contribution in [0, 0.1) is 0 Å². The maximum atomic E-state index is 12.9. The summed E-state index contributed by atoms with van der Waals surface area (Å²) >= 11 is 3.06. The molecule has 27 heavy (non-hydrogen) atoms. The number of rotatable bonds is 4. The molecule has 3 nitrogen and oxygen atoms in total. The van der Waals surface area contributed by atoms with Crippen LogP contribution in [-0.4, -0.2) is 25.9 Å². The van der Waals surface area contributed by atoms with E-state index in [9.17, 15) is 39.9 Å². The highest BCUT2D eigenvalue weighted by Crippen LogP contribution is 2.50. The van der Waals surface area contributed by atoms with Gasteiger partial charge in [0, 0.05) is 10.0 Å². The number of halogens is 7. The third-order valence-corrected chi connectivity index (χ3v) is 6.41. The highest BCUT2D eigenvalue weighted by atomic mass is 79.9. The molecule has 0 aliphatic rings. The summed E-state index contributed by atoms with van der Waals surface area (Å²) in [6.07, 6.45) is -12.0. The summed E-state index contributed by atoms with van der Waals surface area (Å²) in [5, 5.41) is 9.32. The van der Waals surface area contributed by atoms with Gasteiger partial charge in [0.05, 0.1) is 10.6 Å². The number of alkyl halides is 6. The van der Waals surface area contributed by atoms with Crippen molar-refractivity contribution in [2.45, 2.75) is 28.6 Å². The summed E-state index contributed by atoms with van der Waals surface area (Å²) in [6.45, 7) is 0. The van der Waals surface area contributed by atoms with Gasteiger partial charge in [0.1, 0.15) is 0 Å². The Kier molecular flexibility index (Phi) is 5.71. The van der Waals surface area contributed by atoms with Gasteiger partial charge in [0.2, 0.25) is 0 Å². The van der Waals surface area contributed by atoms with Gasteiger partial charge in [0.25, 0.3) is 5.60 Å². The third kappa shape index (κ3) is 4.14. The zero-order chi connectivity index (χ0) is 20.7. The fourth-order valence-corrected chi connectivity index (χ4v) is 4.79. The molecule has 0 fully saturated rings. The lowest BCUT2D eigenvalue weighted by atomic mass is 9.92. The minimum Gasteiger partial charge on any atom is -0.369 e. The first-order chi connectivity index (χ1) is 12.2. The van der Waals surface area contributed by atoms with Gasteiger partial charge in [0.15, 0.2) is 9.84 Å². The second-order valence-electron chi connectivity index (χ2n) is 5.59. The molecule has 0 saturated carbocycles. The van der Waals surface area contributed by atoms with E-state index < -0.39 is 39.1 Å². The molecule has 0 unspecified atom stereocenters. The highest BCUT2D eigenvalue weighted by Gasteiger charge is 2.71. The van der Waals surface area contributed by atoms with Crippen molar-refractivity contribution in [3.63, 3.8) is 0 Å². The number of hydrogen-bond acceptors (Lipinski definition) is 3. The topological polar surface area (TPSA) is 54.4 Å². The summed E-state index contributed by atoms with van der Waals surface area (Å²) in [6, 6.07) is 8.24. The van der Waals surface area contributed by atoms with Gasteiger partial charge in [-0.1, -0.05) is 36.4 Å². The molecule has 2 rings (SSSR count). The Morgan fingerprint density at radius 3 is 1.78 bits per heavy atom. The first-order valence-electron chi connectivity index (χ1n) is 7.12. The van der Waals surface area contributed by atoms with Crippen LogP contribution in [0.1, 0.15) is 11.1 Å². The molecule has 0 atom stereocenters. The van der Waals surface area contributed by atoms with E-state index in [0.717, 1.165) is 12.1 Å². The Morgan fingerprint density at radius 2 is 1.33 bits per heavy atom. The third-order valence-electron chi connectivity index (χ3n) is 3.72. The van der Waals surface area contributed by atoms with Crippen LogP contribution in [0.4, 0.5) is 26.3 Å². The van der Waals surface area contributed by atoms with E-state index >= 15 is 0 Å². The molecule has 2 aromatic carbocycles. The van der Waals surface area contributed by atoms with Gasteiger partial charge in [-0.3, -0.25) is 0 Å². The second-order valence-corrected chi connectivity index (χ2v) is 8.40. The van der Waals surface area contributed by atoms with E-state index in [1.165, 1.54) is 18.2 Å². The molecule has 0 amide bonds. The van der Waals surface area contributed by atoms with Gasteiger partial charge < -0.3 is 5.11 Å². The largest absolute Gasteiger partial charge is 0.430 e. The predicted molar refractivity (Wildman–Crippen MR) is 87.5 cm³/mol. The Bertz CT molecular complexity index is 906. The van der Waals surface area contributed by atoms with Gasteiger partial charge >= 0.3 is 12.4 Å². The number of benzene rings is 2. The minimum absolute atomic E-state index is 0.0406. The summed E-state index contributed by atoms with van der Waals surface area (Å²) < 4.78 is 102. The first-order valence-corrected chi connectivity index (χ1v) is 9.57. The first kappa shape index (κ1) is 21.7. The smallest absolute Gasteiger partial charge is 0.369 e. The maximum absolute atomic E-state index is 12.9. The summed E-state index contributed by atoms with van der Waals surface area (Å²) in [7, 11) is -3.90. The SMILES string of the molecule is O=S(=O)(Cc1ccc(C(O)(C(F)(F)F)C(F)(F)F)cc1)c1ccccc1Br. The van der Waals surface area contributed by atoms with Crippen molar-refractivity contribution in [3.8, 4) is 0 Å². The Balaban J connectivity index is 2.39. The molecule has 148 valence electrons. The van der Waals surface area contributed by atoms with E-state index in [1.807, 2.05) is 0 Å². The van der Waals surface area contributed by atoms with Crippen molar-refractivity contribution in [2.75, 3.05) is 0 Å². The molecular formula is C16H11BrF6O3S. The van der Waals surface area contributed by atoms with Gasteiger partial charge in [-0.15, -0.1) is 0 Å². The van der Waals surface area contributed by atoms with E-state index in [1.54, 1.807) is 6.07 Å². The standard InChI is InChI=1S/C16H11BrF6O3S/c17-12-3-1-2-4-13(12)27(25,26)9-10-5-7-11(8-6-10)14(24,15(18,19)20)16(21,22)23/h1-8,24H,9H2. The summed E-state index contributed by atoms with van der Waals surface area (Å²) in [4.78, 5) is -0.0730. The molecule has 11 heteroatoms. The highest BCUT2D eigenvalue weighted by molar-refractivity contribution is 9.10. The van der Waals surface area contributed by atoms with Crippen LogP contribution in [0.3, 0.4) is 0 Å². The van der Waals surface area contributed by atoms with E-state index in [-0.39, 0.29) is 14.9 Å². The van der Waals surface area contributed by atoms with Gasteiger partial charge in [-0.05, 0) is 33.6 Å². The molecule has 0 bridgehead atoms. The van der Waals surface area contributed by atoms with Crippen LogP contribution in [0.5, 0.6) is 0 Å². The lowest BCUT2D eigenvalue weighted by Gasteiger charge is -2.32. The van der Waals surface area contributed by atoms with Crippen LogP contribution in [0.25, 0.3) is 0 Å². The zero-order valence-corrected chi connectivity index (χ0v) is 15.5. The van der Waals surface area contributed by atoms with Crippen molar-refractivity contribution in [2.24, 2.45) is 0 Å². The molecule has 0 spiro atoms. The molecule has 0 radical (unpaired) electrons. The fraction of sp³-hybridized carbons (Fsp3) is 0.250. The molecule has 0 aliphatic carbocycles. The van der Waals surface area contributed by atoms with Crippen LogP contribution < -0.4 is 0 Å². The minimum atomic E-state index is -6.01. The van der Waals surface area contributed by atoms with Crippen molar-refractivity contribution in [3.05, 3.63) is 64.1 Å². The average molecular weight is 477 g/mol. The molecule has 0 aliphatic heterocycles. The molecular weight excluding hydrogens is 466 g/mol. The van der Waals surface area contributed by atoms with E-state index in [4.69, 9.17) is 0 Å². The Labute approximate surface area is 158 Å². The van der Waals surface area contributed by atoms with Crippen LogP contribution in [0.15, 0.2) is 57.9 Å². The molecule has 0 heterocycles. The molecule has 0 aromatic heterocycles. The van der Waals surface area contributed by atoms with Crippen LogP contribution in [-0.2, 0) is 21.2 Å². The maximum Gasteiger partial charge on any atom is 0.430 e. The lowest BCUT2D eigenvalue weighted by Crippen LogP contribution is -2.53. The van der Waals surface area contributed by atoms with Gasteiger partial charge in [-0.2, -0.15) is 26.3 Å². The second kappa shape index (κ2) is 7.10. The molecule has 1 N–H and O–H groups in total. The van der Waals surface area contributed by atoms with E-state index in [2.05, 4.69) is 15.9 Å². The summed E-state index contributed by atoms with van der Waals surface area (Å²) in [5.74, 6) is -0.646. The van der Waals surface area contributed by atoms with Crippen LogP contribution >= 0.6 is 15.9 Å². The van der Waals surface area contributed by atoms with Crippen molar-refractivity contribution < 1.29 is 39.9 Å². The monoisotopic (exact) mass is 476 g/mol. The van der Waals surface area contributed by atoms with Gasteiger partial charge in [-0.25, -0.2) is 8.42 Å². The van der Waals surface area contributed by atoms with E-state index in [0.29, 0.717) is 12.1 Å². The number of hydrogen-bond donors (Lipinski definition) is 1. The van der Waals surface area contributed by atoms with Crippen LogP contribution in [0.2, 0.25) is 0 Å². The molecule has 0 saturated heterocycles. The molecule has 2 aromatic rings. The van der Waals surface area contributed by atoms with Crippen molar-refractivity contribution >= 4 is 25.8 Å². The average Bonchev–Trinajstić information content (AvgIpc) is 2.52. The summed E-state index contributed by atoms with van der Waals surface area (Å²) in [5.41, 5.74) is -6.55. The number of sulfone groups is 1. The Morgan fingerprint density at radius 1 is 0.852 bits per heavy atom. The quantitative estimate of drug-likeness (QED) is 0.648. The zero-order valence-electron chi connectivity index (χ0n) is 13.1. The van der Waals surface area contributed by atoms with Crippen molar-refractivity contribution in [1.29, 1.82) is 0 Å². The normalized spacial score (nSPS) is 13.6.